The predicted molar refractivity (Wildman–Crippen MR) is 76.1 cm³/mol. The lowest BCUT2D eigenvalue weighted by Crippen LogP contribution is -2.00. The number of ether oxygens (including phenoxy) is 3. The van der Waals surface area contributed by atoms with Crippen LogP contribution in [0.2, 0.25) is 0 Å². The molecule has 0 unspecified atom stereocenters. The molecule has 0 amide bonds. The summed E-state index contributed by atoms with van der Waals surface area (Å²) in [7, 11) is 4.71. The van der Waals surface area contributed by atoms with Crippen molar-refractivity contribution in [3.8, 4) is 17.2 Å². The Labute approximate surface area is 117 Å². The van der Waals surface area contributed by atoms with Gasteiger partial charge in [-0.25, -0.2) is 9.97 Å². The zero-order valence-corrected chi connectivity index (χ0v) is 11.9. The summed E-state index contributed by atoms with van der Waals surface area (Å²) in [5, 5.41) is 3.09. The Morgan fingerprint density at radius 3 is 1.90 bits per heavy atom. The van der Waals surface area contributed by atoms with Crippen LogP contribution in [0.25, 0.3) is 0 Å². The van der Waals surface area contributed by atoms with Crippen LogP contribution < -0.4 is 19.5 Å². The third-order valence-corrected chi connectivity index (χ3v) is 2.70. The molecule has 0 aliphatic rings. The molecule has 2 aromatic rings. The Morgan fingerprint density at radius 1 is 0.900 bits per heavy atom. The minimum absolute atomic E-state index is 0.505. The van der Waals surface area contributed by atoms with Crippen molar-refractivity contribution in [1.82, 2.24) is 9.97 Å². The maximum Gasteiger partial charge on any atom is 0.227 e. The molecule has 0 radical (unpaired) electrons. The van der Waals surface area contributed by atoms with E-state index in [1.54, 1.807) is 45.9 Å². The summed E-state index contributed by atoms with van der Waals surface area (Å²) in [6.45, 7) is 1.93. The highest BCUT2D eigenvalue weighted by atomic mass is 16.5. The van der Waals surface area contributed by atoms with Gasteiger partial charge in [-0.3, -0.25) is 0 Å². The molecule has 0 saturated carbocycles. The molecule has 0 aliphatic heterocycles. The molecule has 0 fully saturated rings. The van der Waals surface area contributed by atoms with Crippen LogP contribution in [0.15, 0.2) is 24.5 Å². The van der Waals surface area contributed by atoms with E-state index < -0.39 is 0 Å². The molecule has 1 N–H and O–H groups in total. The normalized spacial score (nSPS) is 10.0. The van der Waals surface area contributed by atoms with Crippen LogP contribution in [0.5, 0.6) is 17.2 Å². The van der Waals surface area contributed by atoms with Crippen LogP contribution in [0.4, 0.5) is 11.6 Å². The van der Waals surface area contributed by atoms with E-state index in [1.807, 2.05) is 6.92 Å². The van der Waals surface area contributed by atoms with Crippen molar-refractivity contribution >= 4 is 11.6 Å². The minimum Gasteiger partial charge on any atom is -0.493 e. The SMILES string of the molecule is COc1cc(Nc2ncc(C)cn2)cc(OC)c1OC. The number of aryl methyl sites for hydroxylation is 1. The zero-order chi connectivity index (χ0) is 14.5. The number of aromatic nitrogens is 2. The fourth-order valence-electron chi connectivity index (χ4n) is 1.74. The Bertz CT molecular complexity index is 560. The van der Waals surface area contributed by atoms with Crippen molar-refractivity contribution in [2.45, 2.75) is 6.92 Å². The molecule has 20 heavy (non-hydrogen) atoms. The summed E-state index contributed by atoms with van der Waals surface area (Å²) in [6, 6.07) is 3.59. The van der Waals surface area contributed by atoms with Crippen LogP contribution in [-0.2, 0) is 0 Å². The number of benzene rings is 1. The van der Waals surface area contributed by atoms with Crippen molar-refractivity contribution in [2.75, 3.05) is 26.6 Å². The van der Waals surface area contributed by atoms with Crippen molar-refractivity contribution in [3.05, 3.63) is 30.1 Å². The average Bonchev–Trinajstić information content (AvgIpc) is 2.48. The highest BCUT2D eigenvalue weighted by Gasteiger charge is 2.13. The first-order chi connectivity index (χ1) is 9.67. The zero-order valence-electron chi connectivity index (χ0n) is 11.9. The average molecular weight is 275 g/mol. The third-order valence-electron chi connectivity index (χ3n) is 2.70. The van der Waals surface area contributed by atoms with Crippen molar-refractivity contribution in [1.29, 1.82) is 0 Å². The Balaban J connectivity index is 2.34. The largest absolute Gasteiger partial charge is 0.493 e. The summed E-state index contributed by atoms with van der Waals surface area (Å²) in [5.41, 5.74) is 1.75. The number of hydrogen-bond donors (Lipinski definition) is 1. The maximum atomic E-state index is 5.29. The second-order valence-corrected chi connectivity index (χ2v) is 4.12. The quantitative estimate of drug-likeness (QED) is 0.904. The van der Waals surface area contributed by atoms with Gasteiger partial charge >= 0.3 is 0 Å². The van der Waals surface area contributed by atoms with Gasteiger partial charge in [0.1, 0.15) is 0 Å². The van der Waals surface area contributed by atoms with E-state index >= 15 is 0 Å². The fraction of sp³-hybridized carbons (Fsp3) is 0.286. The van der Waals surface area contributed by atoms with E-state index in [0.29, 0.717) is 23.2 Å². The molecule has 0 spiro atoms. The monoisotopic (exact) mass is 275 g/mol. The molecule has 6 nitrogen and oxygen atoms in total. The van der Waals surface area contributed by atoms with Crippen LogP contribution in [-0.4, -0.2) is 31.3 Å². The standard InChI is InChI=1S/C14H17N3O3/c1-9-7-15-14(16-8-9)17-10-5-11(18-2)13(20-4)12(6-10)19-3/h5-8H,1-4H3,(H,15,16,17). The van der Waals surface area contributed by atoms with Crippen LogP contribution in [0, 0.1) is 6.92 Å². The predicted octanol–water partition coefficient (Wildman–Crippen LogP) is 2.55. The second kappa shape index (κ2) is 6.10. The smallest absolute Gasteiger partial charge is 0.227 e. The molecule has 6 heteroatoms. The number of nitrogens with one attached hydrogen (secondary N) is 1. The summed E-state index contributed by atoms with van der Waals surface area (Å²) < 4.78 is 15.9. The lowest BCUT2D eigenvalue weighted by atomic mass is 10.2. The number of methoxy groups -OCH3 is 3. The first-order valence-electron chi connectivity index (χ1n) is 6.03. The third kappa shape index (κ3) is 2.90. The van der Waals surface area contributed by atoms with Crippen LogP contribution in [0.1, 0.15) is 5.56 Å². The van der Waals surface area contributed by atoms with Gasteiger partial charge in [0.05, 0.1) is 21.3 Å². The summed E-state index contributed by atoms with van der Waals surface area (Å²) in [4.78, 5) is 8.38. The summed E-state index contributed by atoms with van der Waals surface area (Å²) >= 11 is 0. The van der Waals surface area contributed by atoms with Gasteiger partial charge in [-0.05, 0) is 12.5 Å². The van der Waals surface area contributed by atoms with Gasteiger partial charge in [0, 0.05) is 30.2 Å². The van der Waals surface area contributed by atoms with E-state index in [4.69, 9.17) is 14.2 Å². The van der Waals surface area contributed by atoms with Gasteiger partial charge in [-0.2, -0.15) is 0 Å². The Hall–Kier alpha value is -2.50. The first-order valence-corrected chi connectivity index (χ1v) is 6.03. The molecule has 0 aliphatic carbocycles. The summed E-state index contributed by atoms with van der Waals surface area (Å²) in [5.74, 6) is 2.19. The minimum atomic E-state index is 0.505. The van der Waals surface area contributed by atoms with Gasteiger partial charge in [0.25, 0.3) is 0 Å². The lowest BCUT2D eigenvalue weighted by Gasteiger charge is -2.14. The molecular formula is C14H17N3O3. The highest BCUT2D eigenvalue weighted by molar-refractivity contribution is 5.65. The Morgan fingerprint density at radius 2 is 1.45 bits per heavy atom. The van der Waals surface area contributed by atoms with Gasteiger partial charge in [-0.1, -0.05) is 0 Å². The van der Waals surface area contributed by atoms with Gasteiger partial charge in [-0.15, -0.1) is 0 Å². The maximum absolute atomic E-state index is 5.29. The molecule has 0 atom stereocenters. The Kier molecular flexibility index (Phi) is 4.24. The van der Waals surface area contributed by atoms with E-state index in [1.165, 1.54) is 0 Å². The highest BCUT2D eigenvalue weighted by Crippen LogP contribution is 2.40. The number of hydrogen-bond acceptors (Lipinski definition) is 6. The van der Waals surface area contributed by atoms with E-state index in [-0.39, 0.29) is 0 Å². The summed E-state index contributed by atoms with van der Waals surface area (Å²) in [6.07, 6.45) is 3.49. The molecule has 106 valence electrons. The molecule has 2 rings (SSSR count). The molecule has 1 heterocycles. The molecule has 0 bridgehead atoms. The van der Waals surface area contributed by atoms with Gasteiger partial charge in [0.15, 0.2) is 11.5 Å². The molecule has 0 saturated heterocycles. The van der Waals surface area contributed by atoms with Crippen molar-refractivity contribution in [3.63, 3.8) is 0 Å². The van der Waals surface area contributed by atoms with Gasteiger partial charge in [0.2, 0.25) is 11.7 Å². The van der Waals surface area contributed by atoms with E-state index in [9.17, 15) is 0 Å². The topological polar surface area (TPSA) is 65.5 Å². The van der Waals surface area contributed by atoms with Crippen LogP contribution >= 0.6 is 0 Å². The van der Waals surface area contributed by atoms with E-state index in [2.05, 4.69) is 15.3 Å². The fourth-order valence-corrected chi connectivity index (χ4v) is 1.74. The lowest BCUT2D eigenvalue weighted by molar-refractivity contribution is 0.324. The first kappa shape index (κ1) is 13.9. The van der Waals surface area contributed by atoms with E-state index in [0.717, 1.165) is 11.3 Å². The second-order valence-electron chi connectivity index (χ2n) is 4.12. The van der Waals surface area contributed by atoms with Crippen molar-refractivity contribution < 1.29 is 14.2 Å². The number of nitrogens with zero attached hydrogens (tertiary/aromatic N) is 2. The molecule has 1 aromatic heterocycles. The van der Waals surface area contributed by atoms with Crippen molar-refractivity contribution in [2.24, 2.45) is 0 Å². The number of rotatable bonds is 5. The molecule has 1 aromatic carbocycles. The molecular weight excluding hydrogens is 258 g/mol. The number of anilines is 2. The van der Waals surface area contributed by atoms with Crippen LogP contribution in [0.3, 0.4) is 0 Å². The van der Waals surface area contributed by atoms with Gasteiger partial charge < -0.3 is 19.5 Å².